The summed E-state index contributed by atoms with van der Waals surface area (Å²) in [6.07, 6.45) is 9.05. The minimum absolute atomic E-state index is 0.0798. The summed E-state index contributed by atoms with van der Waals surface area (Å²) >= 11 is 0. The Kier molecular flexibility index (Phi) is 4.14. The van der Waals surface area contributed by atoms with E-state index < -0.39 is 0 Å². The van der Waals surface area contributed by atoms with Crippen LogP contribution in [0.4, 0.5) is 0 Å². The van der Waals surface area contributed by atoms with Crippen molar-refractivity contribution >= 4 is 0 Å². The molecule has 0 saturated heterocycles. The van der Waals surface area contributed by atoms with E-state index >= 15 is 0 Å². The van der Waals surface area contributed by atoms with Crippen LogP contribution in [0.3, 0.4) is 0 Å². The van der Waals surface area contributed by atoms with Gasteiger partial charge in [0.25, 0.3) is 0 Å². The monoisotopic (exact) mass is 239 g/mol. The fourth-order valence-corrected chi connectivity index (χ4v) is 3.42. The summed E-state index contributed by atoms with van der Waals surface area (Å²) in [5, 5.41) is 13.6. The lowest BCUT2D eigenvalue weighted by Crippen LogP contribution is -2.61. The second kappa shape index (κ2) is 5.27. The molecule has 0 aromatic carbocycles. The molecule has 17 heavy (non-hydrogen) atoms. The molecule has 2 saturated carbocycles. The first kappa shape index (κ1) is 13.4. The minimum Gasteiger partial charge on any atom is -0.392 e. The first-order valence-electron chi connectivity index (χ1n) is 7.48. The Morgan fingerprint density at radius 3 is 2.53 bits per heavy atom. The highest BCUT2D eigenvalue weighted by Crippen LogP contribution is 2.41. The minimum atomic E-state index is -0.103. The van der Waals surface area contributed by atoms with Gasteiger partial charge in [0.15, 0.2) is 0 Å². The molecule has 2 aliphatic carbocycles. The van der Waals surface area contributed by atoms with Gasteiger partial charge in [-0.1, -0.05) is 40.0 Å². The molecule has 2 fully saturated rings. The third-order valence-corrected chi connectivity index (χ3v) is 5.32. The van der Waals surface area contributed by atoms with E-state index in [9.17, 15) is 5.11 Å². The smallest absolute Gasteiger partial charge is 0.0621 e. The lowest BCUT2D eigenvalue weighted by Gasteiger charge is -2.51. The van der Waals surface area contributed by atoms with E-state index in [1.807, 2.05) is 0 Å². The Labute approximate surface area is 106 Å². The highest BCUT2D eigenvalue weighted by Gasteiger charge is 2.47. The molecular weight excluding hydrogens is 210 g/mol. The van der Waals surface area contributed by atoms with E-state index in [1.54, 1.807) is 0 Å². The summed E-state index contributed by atoms with van der Waals surface area (Å²) in [5.74, 6) is 0.960. The quantitative estimate of drug-likeness (QED) is 0.742. The first-order chi connectivity index (χ1) is 8.04. The van der Waals surface area contributed by atoms with Gasteiger partial charge in [0.05, 0.1) is 6.10 Å². The van der Waals surface area contributed by atoms with Gasteiger partial charge in [-0.25, -0.2) is 0 Å². The zero-order chi connectivity index (χ0) is 12.5. The number of nitrogens with one attached hydrogen (secondary N) is 1. The van der Waals surface area contributed by atoms with Gasteiger partial charge in [0, 0.05) is 17.5 Å². The molecule has 2 N–H and O–H groups in total. The zero-order valence-electron chi connectivity index (χ0n) is 11.7. The highest BCUT2D eigenvalue weighted by molar-refractivity contribution is 5.02. The molecule has 0 amide bonds. The van der Waals surface area contributed by atoms with Crippen LogP contribution in [0.5, 0.6) is 0 Å². The molecule has 2 heteroatoms. The van der Waals surface area contributed by atoms with Crippen LogP contribution in [0.25, 0.3) is 0 Å². The number of hydrogen-bond donors (Lipinski definition) is 2. The maximum absolute atomic E-state index is 9.77. The van der Waals surface area contributed by atoms with Gasteiger partial charge < -0.3 is 10.4 Å². The Hall–Kier alpha value is -0.0800. The summed E-state index contributed by atoms with van der Waals surface area (Å²) in [7, 11) is 0. The second-order valence-electron chi connectivity index (χ2n) is 6.77. The van der Waals surface area contributed by atoms with Crippen molar-refractivity contribution in [2.75, 3.05) is 0 Å². The summed E-state index contributed by atoms with van der Waals surface area (Å²) in [6.45, 7) is 6.69. The van der Waals surface area contributed by atoms with Crippen molar-refractivity contribution < 1.29 is 5.11 Å². The van der Waals surface area contributed by atoms with Crippen molar-refractivity contribution in [1.82, 2.24) is 5.32 Å². The van der Waals surface area contributed by atoms with Crippen molar-refractivity contribution in [3.8, 4) is 0 Å². The van der Waals surface area contributed by atoms with Gasteiger partial charge in [-0.05, 0) is 31.6 Å². The van der Waals surface area contributed by atoms with Gasteiger partial charge >= 0.3 is 0 Å². The molecule has 2 aliphatic rings. The topological polar surface area (TPSA) is 32.3 Å². The third kappa shape index (κ3) is 2.85. The number of aliphatic hydroxyl groups is 1. The predicted molar refractivity (Wildman–Crippen MR) is 72.0 cm³/mol. The summed E-state index contributed by atoms with van der Waals surface area (Å²) in [4.78, 5) is 0. The lowest BCUT2D eigenvalue weighted by molar-refractivity contribution is -0.0763. The van der Waals surface area contributed by atoms with E-state index in [0.29, 0.717) is 12.1 Å². The maximum Gasteiger partial charge on any atom is 0.0621 e. The van der Waals surface area contributed by atoms with Crippen LogP contribution in [0.2, 0.25) is 0 Å². The van der Waals surface area contributed by atoms with Crippen LogP contribution in [0, 0.1) is 11.3 Å². The van der Waals surface area contributed by atoms with Gasteiger partial charge in [0.2, 0.25) is 0 Å². The average molecular weight is 239 g/mol. The van der Waals surface area contributed by atoms with Gasteiger partial charge in [0.1, 0.15) is 0 Å². The van der Waals surface area contributed by atoms with Gasteiger partial charge in [-0.3, -0.25) is 0 Å². The number of rotatable bonds is 3. The van der Waals surface area contributed by atoms with Crippen LogP contribution in [0.15, 0.2) is 0 Å². The van der Waals surface area contributed by atoms with Crippen LogP contribution in [-0.4, -0.2) is 23.3 Å². The highest BCUT2D eigenvalue weighted by atomic mass is 16.3. The van der Waals surface area contributed by atoms with Gasteiger partial charge in [-0.2, -0.15) is 0 Å². The van der Waals surface area contributed by atoms with E-state index in [-0.39, 0.29) is 11.5 Å². The van der Waals surface area contributed by atoms with Crippen molar-refractivity contribution in [2.45, 2.75) is 83.9 Å². The predicted octanol–water partition coefficient (Wildman–Crippen LogP) is 3.09. The van der Waals surface area contributed by atoms with Crippen molar-refractivity contribution in [3.63, 3.8) is 0 Å². The molecule has 2 nitrogen and oxygen atoms in total. The Morgan fingerprint density at radius 1 is 1.18 bits per heavy atom. The van der Waals surface area contributed by atoms with Crippen LogP contribution in [-0.2, 0) is 0 Å². The molecule has 100 valence electrons. The first-order valence-corrected chi connectivity index (χ1v) is 7.48. The second-order valence-corrected chi connectivity index (χ2v) is 6.77. The zero-order valence-corrected chi connectivity index (χ0v) is 11.7. The molecule has 4 atom stereocenters. The van der Waals surface area contributed by atoms with Crippen molar-refractivity contribution in [1.29, 1.82) is 0 Å². The molecule has 0 aromatic rings. The summed E-state index contributed by atoms with van der Waals surface area (Å²) in [6, 6.07) is 1.23. The van der Waals surface area contributed by atoms with E-state index in [2.05, 4.69) is 26.1 Å². The molecular formula is C15H29NO. The molecule has 0 aromatic heterocycles. The van der Waals surface area contributed by atoms with E-state index in [1.165, 1.54) is 38.5 Å². The normalized spacial score (nSPS) is 41.6. The summed E-state index contributed by atoms with van der Waals surface area (Å²) in [5.41, 5.74) is 0.0798. The maximum atomic E-state index is 9.77. The van der Waals surface area contributed by atoms with Crippen molar-refractivity contribution in [3.05, 3.63) is 0 Å². The SMILES string of the molecule is CCC1CCCC(NC2CC(O)C2(C)C)CC1. The fourth-order valence-electron chi connectivity index (χ4n) is 3.42. The van der Waals surface area contributed by atoms with Gasteiger partial charge in [-0.15, -0.1) is 0 Å². The molecule has 2 rings (SSSR count). The van der Waals surface area contributed by atoms with Crippen molar-refractivity contribution in [2.24, 2.45) is 11.3 Å². The average Bonchev–Trinajstić information content (AvgIpc) is 2.54. The molecule has 0 radical (unpaired) electrons. The lowest BCUT2D eigenvalue weighted by atomic mass is 9.64. The largest absolute Gasteiger partial charge is 0.392 e. The Bertz CT molecular complexity index is 251. The number of aliphatic hydroxyl groups excluding tert-OH is 1. The standard InChI is InChI=1S/C15H29NO/c1-4-11-6-5-7-12(9-8-11)16-13-10-14(17)15(13,2)3/h11-14,16-17H,4-10H2,1-3H3. The third-order valence-electron chi connectivity index (χ3n) is 5.32. The molecule has 4 unspecified atom stereocenters. The Balaban J connectivity index is 1.80. The molecule has 0 spiro atoms. The van der Waals surface area contributed by atoms with E-state index in [0.717, 1.165) is 12.3 Å². The molecule has 0 heterocycles. The fraction of sp³-hybridized carbons (Fsp3) is 1.00. The van der Waals surface area contributed by atoms with Crippen LogP contribution in [0.1, 0.15) is 65.7 Å². The van der Waals surface area contributed by atoms with Crippen LogP contribution >= 0.6 is 0 Å². The molecule has 0 bridgehead atoms. The van der Waals surface area contributed by atoms with E-state index in [4.69, 9.17) is 0 Å². The summed E-state index contributed by atoms with van der Waals surface area (Å²) < 4.78 is 0. The Morgan fingerprint density at radius 2 is 1.94 bits per heavy atom. The number of hydrogen-bond acceptors (Lipinski definition) is 2. The van der Waals surface area contributed by atoms with Crippen LogP contribution < -0.4 is 5.32 Å². The molecule has 0 aliphatic heterocycles.